The first-order valence-electron chi connectivity index (χ1n) is 3.47. The minimum atomic E-state index is -1.06. The van der Waals surface area contributed by atoms with Crippen molar-refractivity contribution < 1.29 is 14.7 Å². The predicted octanol–water partition coefficient (Wildman–Crippen LogP) is -0.0109. The molecule has 12 heavy (non-hydrogen) atoms. The highest BCUT2D eigenvalue weighted by Gasteiger charge is 2.16. The summed E-state index contributed by atoms with van der Waals surface area (Å²) in [7, 11) is 0. The highest BCUT2D eigenvalue weighted by atomic mass is 16.4. The molecule has 0 radical (unpaired) electrons. The Hall–Kier alpha value is -1.50. The molecule has 0 spiro atoms. The largest absolute Gasteiger partial charge is 0.480 e. The number of nitrogens with one attached hydrogen (secondary N) is 1. The van der Waals surface area contributed by atoms with E-state index in [4.69, 9.17) is 5.11 Å². The summed E-state index contributed by atoms with van der Waals surface area (Å²) in [5.74, 6) is 3.73. The van der Waals surface area contributed by atoms with Crippen molar-refractivity contribution in [1.82, 2.24) is 5.32 Å². The van der Waals surface area contributed by atoms with Crippen molar-refractivity contribution in [3.63, 3.8) is 0 Å². The molecule has 4 heteroatoms. The molecule has 1 amide bonds. The van der Waals surface area contributed by atoms with E-state index in [-0.39, 0.29) is 12.3 Å². The van der Waals surface area contributed by atoms with Gasteiger partial charge in [-0.1, -0.05) is 0 Å². The summed E-state index contributed by atoms with van der Waals surface area (Å²) in [6, 6.07) is -0.894. The lowest BCUT2D eigenvalue weighted by molar-refractivity contribution is -0.141. The monoisotopic (exact) mass is 169 g/mol. The van der Waals surface area contributed by atoms with E-state index in [2.05, 4.69) is 17.2 Å². The van der Waals surface area contributed by atoms with Gasteiger partial charge in [0.05, 0.1) is 0 Å². The van der Waals surface area contributed by atoms with Gasteiger partial charge < -0.3 is 10.4 Å². The summed E-state index contributed by atoms with van der Waals surface area (Å²) in [6.45, 7) is 2.89. The van der Waals surface area contributed by atoms with E-state index >= 15 is 0 Å². The van der Waals surface area contributed by atoms with Gasteiger partial charge in [0.1, 0.15) is 6.04 Å². The Morgan fingerprint density at radius 1 is 1.58 bits per heavy atom. The molecule has 1 atom stereocenters. The van der Waals surface area contributed by atoms with E-state index < -0.39 is 12.0 Å². The van der Waals surface area contributed by atoms with Crippen LogP contribution >= 0.6 is 0 Å². The Balaban J connectivity index is 4.10. The minimum Gasteiger partial charge on any atom is -0.480 e. The maximum atomic E-state index is 10.5. The van der Waals surface area contributed by atoms with Crippen molar-refractivity contribution >= 4 is 11.9 Å². The van der Waals surface area contributed by atoms with Gasteiger partial charge in [-0.05, 0) is 6.92 Å². The third kappa shape index (κ3) is 4.34. The number of amides is 1. The fourth-order valence-electron chi connectivity index (χ4n) is 0.650. The summed E-state index contributed by atoms with van der Waals surface area (Å²) in [5.41, 5.74) is 0. The van der Waals surface area contributed by atoms with E-state index in [0.29, 0.717) is 0 Å². The van der Waals surface area contributed by atoms with Gasteiger partial charge in [-0.15, -0.1) is 11.8 Å². The van der Waals surface area contributed by atoms with E-state index in [0.717, 1.165) is 0 Å². The molecule has 0 aromatic carbocycles. The van der Waals surface area contributed by atoms with Crippen LogP contribution in [-0.4, -0.2) is 23.0 Å². The average Bonchev–Trinajstić information content (AvgIpc) is 1.96. The SMILES string of the molecule is CC#CC[C@H](NC(C)=O)C(=O)O. The Morgan fingerprint density at radius 2 is 2.17 bits per heavy atom. The van der Waals surface area contributed by atoms with Crippen LogP contribution in [0.25, 0.3) is 0 Å². The standard InChI is InChI=1S/C8H11NO3/c1-3-4-5-7(8(11)12)9-6(2)10/h7H,5H2,1-2H3,(H,9,10)(H,11,12)/t7-/m0/s1. The number of hydrogen-bond donors (Lipinski definition) is 2. The van der Waals surface area contributed by atoms with Crippen LogP contribution in [0, 0.1) is 11.8 Å². The summed E-state index contributed by atoms with van der Waals surface area (Å²) < 4.78 is 0. The van der Waals surface area contributed by atoms with Gasteiger partial charge in [-0.2, -0.15) is 0 Å². The summed E-state index contributed by atoms with van der Waals surface area (Å²) in [5, 5.41) is 10.8. The molecule has 66 valence electrons. The van der Waals surface area contributed by atoms with E-state index in [1.54, 1.807) is 6.92 Å². The molecule has 0 unspecified atom stereocenters. The van der Waals surface area contributed by atoms with Crippen LogP contribution in [0.3, 0.4) is 0 Å². The second-order valence-electron chi connectivity index (χ2n) is 2.22. The number of carboxylic acid groups (broad SMARTS) is 1. The lowest BCUT2D eigenvalue weighted by Crippen LogP contribution is -2.39. The summed E-state index contributed by atoms with van der Waals surface area (Å²) in [4.78, 5) is 21.0. The number of carbonyl (C=O) groups excluding carboxylic acids is 1. The van der Waals surface area contributed by atoms with Gasteiger partial charge in [0.15, 0.2) is 0 Å². The minimum absolute atomic E-state index is 0.144. The van der Waals surface area contributed by atoms with Crippen LogP contribution in [0.1, 0.15) is 20.3 Å². The molecule has 0 saturated heterocycles. The molecule has 0 aliphatic heterocycles. The first-order valence-corrected chi connectivity index (χ1v) is 3.47. The molecule has 0 aliphatic carbocycles. The molecule has 0 fully saturated rings. The zero-order valence-corrected chi connectivity index (χ0v) is 7.05. The molecule has 0 bridgehead atoms. The molecule has 2 N–H and O–H groups in total. The first-order chi connectivity index (χ1) is 5.57. The molecule has 0 aromatic heterocycles. The van der Waals surface area contributed by atoms with Gasteiger partial charge in [0.25, 0.3) is 0 Å². The third-order valence-electron chi connectivity index (χ3n) is 1.16. The van der Waals surface area contributed by atoms with Crippen molar-refractivity contribution in [2.45, 2.75) is 26.3 Å². The van der Waals surface area contributed by atoms with Crippen molar-refractivity contribution in [1.29, 1.82) is 0 Å². The first kappa shape index (κ1) is 10.5. The smallest absolute Gasteiger partial charge is 0.327 e. The summed E-state index contributed by atoms with van der Waals surface area (Å²) >= 11 is 0. The molecule has 4 nitrogen and oxygen atoms in total. The Labute approximate surface area is 71.0 Å². The topological polar surface area (TPSA) is 66.4 Å². The number of carboxylic acids is 1. The predicted molar refractivity (Wildman–Crippen MR) is 43.3 cm³/mol. The number of carbonyl (C=O) groups is 2. The Bertz CT molecular complexity index is 236. The van der Waals surface area contributed by atoms with Crippen LogP contribution < -0.4 is 5.32 Å². The number of aliphatic carboxylic acids is 1. The average molecular weight is 169 g/mol. The van der Waals surface area contributed by atoms with Crippen LogP contribution in [0.2, 0.25) is 0 Å². The van der Waals surface area contributed by atoms with Crippen molar-refractivity contribution in [2.75, 3.05) is 0 Å². The highest BCUT2D eigenvalue weighted by molar-refractivity contribution is 5.82. The van der Waals surface area contributed by atoms with Gasteiger partial charge in [0, 0.05) is 13.3 Å². The molecular formula is C8H11NO3. The molecule has 0 rings (SSSR count). The second kappa shape index (κ2) is 5.19. The molecule has 0 heterocycles. The zero-order chi connectivity index (χ0) is 9.56. The number of rotatable bonds is 3. The maximum Gasteiger partial charge on any atom is 0.327 e. The second-order valence-corrected chi connectivity index (χ2v) is 2.22. The lowest BCUT2D eigenvalue weighted by atomic mass is 10.2. The lowest BCUT2D eigenvalue weighted by Gasteiger charge is -2.08. The fourth-order valence-corrected chi connectivity index (χ4v) is 0.650. The molecule has 0 aliphatic rings. The normalized spacial score (nSPS) is 10.8. The van der Waals surface area contributed by atoms with Crippen LogP contribution in [0.5, 0.6) is 0 Å². The Kier molecular flexibility index (Phi) is 4.54. The van der Waals surface area contributed by atoms with E-state index in [1.807, 2.05) is 0 Å². The van der Waals surface area contributed by atoms with Crippen molar-refractivity contribution in [3.8, 4) is 11.8 Å². The van der Waals surface area contributed by atoms with E-state index in [9.17, 15) is 9.59 Å². The fraction of sp³-hybridized carbons (Fsp3) is 0.500. The third-order valence-corrected chi connectivity index (χ3v) is 1.16. The van der Waals surface area contributed by atoms with Gasteiger partial charge in [0.2, 0.25) is 5.91 Å². The molecule has 0 aromatic rings. The quantitative estimate of drug-likeness (QED) is 0.584. The van der Waals surface area contributed by atoms with Gasteiger partial charge in [-0.25, -0.2) is 4.79 Å². The van der Waals surface area contributed by atoms with Crippen molar-refractivity contribution in [2.24, 2.45) is 0 Å². The zero-order valence-electron chi connectivity index (χ0n) is 7.05. The molecular weight excluding hydrogens is 158 g/mol. The Morgan fingerprint density at radius 3 is 2.50 bits per heavy atom. The van der Waals surface area contributed by atoms with Gasteiger partial charge in [-0.3, -0.25) is 4.79 Å². The van der Waals surface area contributed by atoms with Crippen LogP contribution in [-0.2, 0) is 9.59 Å². The highest BCUT2D eigenvalue weighted by Crippen LogP contribution is 1.90. The summed E-state index contributed by atoms with van der Waals surface area (Å²) in [6.07, 6.45) is 0.144. The van der Waals surface area contributed by atoms with Gasteiger partial charge >= 0.3 is 5.97 Å². The van der Waals surface area contributed by atoms with Crippen LogP contribution in [0.4, 0.5) is 0 Å². The number of hydrogen-bond acceptors (Lipinski definition) is 2. The van der Waals surface area contributed by atoms with Crippen LogP contribution in [0.15, 0.2) is 0 Å². The van der Waals surface area contributed by atoms with E-state index in [1.165, 1.54) is 6.92 Å². The maximum absolute atomic E-state index is 10.5. The van der Waals surface area contributed by atoms with Crippen molar-refractivity contribution in [3.05, 3.63) is 0 Å². The molecule has 0 saturated carbocycles.